The van der Waals surface area contributed by atoms with Crippen LogP contribution >= 0.6 is 11.3 Å². The Morgan fingerprint density at radius 1 is 1.18 bits per heavy atom. The number of fused-ring (bicyclic) bond motifs is 1. The maximum Gasteiger partial charge on any atom is 0.338 e. The number of allylic oxidation sites excluding steroid dienone is 1. The third kappa shape index (κ3) is 4.32. The molecule has 34 heavy (non-hydrogen) atoms. The number of aromatic nitrogens is 1. The number of carbonyl (C=O) groups excluding carboxylic acids is 1. The summed E-state index contributed by atoms with van der Waals surface area (Å²) in [5, 5.41) is 0. The van der Waals surface area contributed by atoms with E-state index >= 15 is 0 Å². The van der Waals surface area contributed by atoms with Crippen molar-refractivity contribution in [3.63, 3.8) is 0 Å². The van der Waals surface area contributed by atoms with Crippen LogP contribution in [0.25, 0.3) is 6.08 Å². The van der Waals surface area contributed by atoms with Gasteiger partial charge in [-0.05, 0) is 30.7 Å². The molecule has 0 aliphatic carbocycles. The first-order valence-electron chi connectivity index (χ1n) is 10.6. The van der Waals surface area contributed by atoms with Crippen molar-refractivity contribution < 1.29 is 19.0 Å². The molecule has 1 aliphatic heterocycles. The number of hydrogen-bond acceptors (Lipinski definition) is 7. The predicted molar refractivity (Wildman–Crippen MR) is 131 cm³/mol. The van der Waals surface area contributed by atoms with Crippen molar-refractivity contribution in [3.8, 4) is 11.5 Å². The minimum absolute atomic E-state index is 0.0683. The minimum atomic E-state index is -0.658. The van der Waals surface area contributed by atoms with Crippen LogP contribution in [0.1, 0.15) is 24.1 Å². The summed E-state index contributed by atoms with van der Waals surface area (Å²) in [6, 6.07) is 14.1. The van der Waals surface area contributed by atoms with Gasteiger partial charge in [-0.1, -0.05) is 54.3 Å². The lowest BCUT2D eigenvalue weighted by molar-refractivity contribution is -0.138. The molecule has 0 saturated heterocycles. The number of ether oxygens (including phenoxy) is 3. The molecule has 0 radical (unpaired) electrons. The molecule has 0 amide bonds. The van der Waals surface area contributed by atoms with E-state index in [-0.39, 0.29) is 12.2 Å². The zero-order chi connectivity index (χ0) is 24.2. The number of rotatable bonds is 7. The van der Waals surface area contributed by atoms with Gasteiger partial charge < -0.3 is 14.2 Å². The maximum absolute atomic E-state index is 13.6. The highest BCUT2D eigenvalue weighted by Gasteiger charge is 2.33. The predicted octanol–water partition coefficient (Wildman–Crippen LogP) is 2.98. The van der Waals surface area contributed by atoms with Gasteiger partial charge in [-0.2, -0.15) is 0 Å². The zero-order valence-corrected chi connectivity index (χ0v) is 19.9. The number of benzene rings is 2. The molecular formula is C26H24N2O5S. The summed E-state index contributed by atoms with van der Waals surface area (Å²) in [4.78, 5) is 31.7. The van der Waals surface area contributed by atoms with Crippen molar-refractivity contribution in [1.82, 2.24) is 4.57 Å². The summed E-state index contributed by atoms with van der Waals surface area (Å²) in [5.74, 6) is 0.702. The molecule has 1 atom stereocenters. The fourth-order valence-corrected chi connectivity index (χ4v) is 4.86. The molecule has 174 valence electrons. The fraction of sp³-hybridized carbons (Fsp3) is 0.192. The lowest BCUT2D eigenvalue weighted by Gasteiger charge is -2.24. The summed E-state index contributed by atoms with van der Waals surface area (Å²) in [6.45, 7) is 5.42. The Balaban J connectivity index is 1.92. The van der Waals surface area contributed by atoms with Crippen LogP contribution in [0.4, 0.5) is 0 Å². The molecule has 3 aromatic rings. The van der Waals surface area contributed by atoms with Gasteiger partial charge in [0.1, 0.15) is 18.1 Å². The smallest absolute Gasteiger partial charge is 0.338 e. The lowest BCUT2D eigenvalue weighted by atomic mass is 9.96. The van der Waals surface area contributed by atoms with E-state index in [4.69, 9.17) is 14.2 Å². The van der Waals surface area contributed by atoms with Crippen LogP contribution in [-0.2, 0) is 9.53 Å². The molecule has 8 heteroatoms. The lowest BCUT2D eigenvalue weighted by Crippen LogP contribution is -2.39. The van der Waals surface area contributed by atoms with Gasteiger partial charge in [0.15, 0.2) is 4.80 Å². The average molecular weight is 477 g/mol. The van der Waals surface area contributed by atoms with Crippen LogP contribution in [0.5, 0.6) is 11.5 Å². The molecule has 0 fully saturated rings. The first kappa shape index (κ1) is 23.3. The van der Waals surface area contributed by atoms with Crippen molar-refractivity contribution >= 4 is 23.4 Å². The van der Waals surface area contributed by atoms with Gasteiger partial charge >= 0.3 is 5.97 Å². The third-order valence-corrected chi connectivity index (χ3v) is 6.40. The molecule has 7 nitrogen and oxygen atoms in total. The van der Waals surface area contributed by atoms with Crippen LogP contribution < -0.4 is 24.4 Å². The van der Waals surface area contributed by atoms with Crippen LogP contribution in [0.2, 0.25) is 0 Å². The standard InChI is InChI=1S/C26H24N2O5S/c1-5-13-33-25(30)22-16(2)27-26-28(23(22)17-9-7-6-8-10-17)24(29)21(34-26)14-18-11-12-19(31-3)15-20(18)32-4/h5-12,14-15,23H,1,13H2,2-4H3. The summed E-state index contributed by atoms with van der Waals surface area (Å²) < 4.78 is 18.1. The van der Waals surface area contributed by atoms with Gasteiger partial charge in [-0.15, -0.1) is 0 Å². The first-order valence-corrected chi connectivity index (χ1v) is 11.4. The van der Waals surface area contributed by atoms with Crippen LogP contribution in [0.3, 0.4) is 0 Å². The summed E-state index contributed by atoms with van der Waals surface area (Å²) in [7, 11) is 3.14. The van der Waals surface area contributed by atoms with Crippen molar-refractivity contribution in [2.45, 2.75) is 13.0 Å². The van der Waals surface area contributed by atoms with Crippen molar-refractivity contribution in [1.29, 1.82) is 0 Å². The van der Waals surface area contributed by atoms with Gasteiger partial charge in [0, 0.05) is 11.6 Å². The van der Waals surface area contributed by atoms with Crippen LogP contribution in [-0.4, -0.2) is 31.4 Å². The summed E-state index contributed by atoms with van der Waals surface area (Å²) in [6.07, 6.45) is 3.27. The highest BCUT2D eigenvalue weighted by atomic mass is 32.1. The highest BCUT2D eigenvalue weighted by Crippen LogP contribution is 2.30. The second kappa shape index (κ2) is 9.93. The Labute approximate surface area is 200 Å². The van der Waals surface area contributed by atoms with E-state index in [1.54, 1.807) is 43.9 Å². The van der Waals surface area contributed by atoms with Gasteiger partial charge in [-0.25, -0.2) is 9.79 Å². The Morgan fingerprint density at radius 3 is 2.62 bits per heavy atom. The minimum Gasteiger partial charge on any atom is -0.497 e. The van der Waals surface area contributed by atoms with E-state index in [1.165, 1.54) is 17.4 Å². The van der Waals surface area contributed by atoms with Gasteiger partial charge in [0.2, 0.25) is 0 Å². The number of hydrogen-bond donors (Lipinski definition) is 0. The van der Waals surface area contributed by atoms with Gasteiger partial charge in [-0.3, -0.25) is 9.36 Å². The average Bonchev–Trinajstić information content (AvgIpc) is 3.16. The van der Waals surface area contributed by atoms with Gasteiger partial charge in [0.25, 0.3) is 5.56 Å². The summed E-state index contributed by atoms with van der Waals surface area (Å²) >= 11 is 1.26. The molecule has 1 unspecified atom stereocenters. The van der Waals surface area contributed by atoms with E-state index < -0.39 is 12.0 Å². The fourth-order valence-electron chi connectivity index (χ4n) is 3.82. The monoisotopic (exact) mass is 476 g/mol. The Hall–Kier alpha value is -3.91. The molecule has 1 aromatic heterocycles. The molecule has 4 rings (SSSR count). The molecule has 0 saturated carbocycles. The van der Waals surface area contributed by atoms with E-state index in [0.717, 1.165) is 11.1 Å². The molecule has 0 bridgehead atoms. The number of nitrogens with zero attached hydrogens (tertiary/aromatic N) is 2. The second-order valence-electron chi connectivity index (χ2n) is 7.49. The van der Waals surface area contributed by atoms with Crippen molar-refractivity contribution in [2.75, 3.05) is 20.8 Å². The molecular weight excluding hydrogens is 452 g/mol. The Kier molecular flexibility index (Phi) is 6.79. The Bertz CT molecular complexity index is 1450. The number of thiazole rings is 1. The normalized spacial score (nSPS) is 15.4. The molecule has 1 aliphatic rings. The number of esters is 1. The van der Waals surface area contributed by atoms with Gasteiger partial charge in [0.05, 0.1) is 36.1 Å². The van der Waals surface area contributed by atoms with Crippen molar-refractivity contribution in [3.05, 3.63) is 103 Å². The van der Waals surface area contributed by atoms with Crippen LogP contribution in [0, 0.1) is 0 Å². The zero-order valence-electron chi connectivity index (χ0n) is 19.1. The molecule has 0 N–H and O–H groups in total. The second-order valence-corrected chi connectivity index (χ2v) is 8.50. The summed E-state index contributed by atoms with van der Waals surface area (Å²) in [5.41, 5.74) is 2.10. The Morgan fingerprint density at radius 2 is 1.94 bits per heavy atom. The third-order valence-electron chi connectivity index (χ3n) is 5.42. The topological polar surface area (TPSA) is 79.1 Å². The SMILES string of the molecule is C=CCOC(=O)C1=C(C)N=c2sc(=Cc3ccc(OC)cc3OC)c(=O)n2C1c1ccccc1. The first-order chi connectivity index (χ1) is 16.5. The number of carbonyl (C=O) groups is 1. The van der Waals surface area contributed by atoms with E-state index in [1.807, 2.05) is 36.4 Å². The highest BCUT2D eigenvalue weighted by molar-refractivity contribution is 7.07. The largest absolute Gasteiger partial charge is 0.497 e. The van der Waals surface area contributed by atoms with E-state index in [2.05, 4.69) is 11.6 Å². The molecule has 0 spiro atoms. The number of methoxy groups -OCH3 is 2. The molecule has 2 heterocycles. The van der Waals surface area contributed by atoms with Crippen molar-refractivity contribution in [2.24, 2.45) is 4.99 Å². The molecule has 2 aromatic carbocycles. The maximum atomic E-state index is 13.6. The van der Waals surface area contributed by atoms with E-state index in [0.29, 0.717) is 32.1 Å². The van der Waals surface area contributed by atoms with E-state index in [9.17, 15) is 9.59 Å². The quantitative estimate of drug-likeness (QED) is 0.387. The van der Waals surface area contributed by atoms with Crippen LogP contribution in [0.15, 0.2) is 82.2 Å².